The molecule has 34 heavy (non-hydrogen) atoms. The first-order valence-corrected chi connectivity index (χ1v) is 11.9. The largest absolute Gasteiger partial charge is 0.493 e. The molecule has 0 N–H and O–H groups in total. The molecular formula is C28H25IN2O3. The van der Waals surface area contributed by atoms with Gasteiger partial charge in [0, 0.05) is 9.13 Å². The molecule has 6 heteroatoms. The fraction of sp³-hybridized carbons (Fsp3) is 0.143. The molecule has 0 fully saturated rings. The number of hydrogen-bond donors (Lipinski definition) is 0. The number of rotatable bonds is 8. The number of nitrogens with zero attached hydrogens (tertiary/aromatic N) is 2. The van der Waals surface area contributed by atoms with Crippen LogP contribution in [0, 0.1) is 3.57 Å². The molecule has 0 aliphatic carbocycles. The van der Waals surface area contributed by atoms with Crippen LogP contribution in [0.25, 0.3) is 6.08 Å². The third kappa shape index (κ3) is 5.22. The zero-order chi connectivity index (χ0) is 24.1. The lowest BCUT2D eigenvalue weighted by Crippen LogP contribution is -2.21. The number of para-hydroxylation sites is 1. The first kappa shape index (κ1) is 23.8. The van der Waals surface area contributed by atoms with Gasteiger partial charge in [0.25, 0.3) is 5.91 Å². The molecule has 1 aliphatic heterocycles. The molecule has 0 atom stereocenters. The molecule has 172 valence electrons. The van der Waals surface area contributed by atoms with E-state index < -0.39 is 0 Å². The summed E-state index contributed by atoms with van der Waals surface area (Å²) in [5.74, 6) is 1.13. The van der Waals surface area contributed by atoms with E-state index in [1.807, 2.05) is 73.7 Å². The van der Waals surface area contributed by atoms with Gasteiger partial charge in [0.05, 0.1) is 24.1 Å². The Hall–Kier alpha value is -3.39. The average molecular weight is 564 g/mol. The van der Waals surface area contributed by atoms with Gasteiger partial charge in [-0.15, -0.1) is 6.58 Å². The summed E-state index contributed by atoms with van der Waals surface area (Å²) < 4.78 is 13.0. The SMILES string of the molecule is C=CCc1cc(/C=C2/C(=O)N(c3ccccc3)N=C2C)cc(OC)c1OCc1ccc(I)cc1. The lowest BCUT2D eigenvalue weighted by molar-refractivity contribution is -0.114. The Morgan fingerprint density at radius 2 is 1.82 bits per heavy atom. The normalized spacial score (nSPS) is 14.3. The van der Waals surface area contributed by atoms with Crippen molar-refractivity contribution in [3.8, 4) is 11.5 Å². The predicted octanol–water partition coefficient (Wildman–Crippen LogP) is 6.41. The first-order valence-electron chi connectivity index (χ1n) is 10.9. The zero-order valence-corrected chi connectivity index (χ0v) is 21.3. The van der Waals surface area contributed by atoms with Crippen molar-refractivity contribution in [1.29, 1.82) is 0 Å². The number of methoxy groups -OCH3 is 1. The summed E-state index contributed by atoms with van der Waals surface area (Å²) in [5, 5.41) is 5.90. The number of amides is 1. The summed E-state index contributed by atoms with van der Waals surface area (Å²) >= 11 is 2.28. The third-order valence-electron chi connectivity index (χ3n) is 5.41. The highest BCUT2D eigenvalue weighted by molar-refractivity contribution is 14.1. The highest BCUT2D eigenvalue weighted by Crippen LogP contribution is 2.35. The Morgan fingerprint density at radius 1 is 1.09 bits per heavy atom. The maximum absolute atomic E-state index is 13.1. The van der Waals surface area contributed by atoms with Crippen molar-refractivity contribution in [3.05, 3.63) is 105 Å². The quantitative estimate of drug-likeness (QED) is 0.181. The number of ether oxygens (including phenoxy) is 2. The van der Waals surface area contributed by atoms with E-state index in [9.17, 15) is 4.79 Å². The van der Waals surface area contributed by atoms with Crippen LogP contribution >= 0.6 is 22.6 Å². The fourth-order valence-corrected chi connectivity index (χ4v) is 4.08. The number of allylic oxidation sites excluding steroid dienone is 1. The van der Waals surface area contributed by atoms with E-state index in [0.717, 1.165) is 22.4 Å². The van der Waals surface area contributed by atoms with Crippen molar-refractivity contribution >= 4 is 46.0 Å². The van der Waals surface area contributed by atoms with Crippen LogP contribution in [-0.2, 0) is 17.8 Å². The number of hydrazone groups is 1. The first-order chi connectivity index (χ1) is 16.5. The lowest BCUT2D eigenvalue weighted by atomic mass is 10.0. The van der Waals surface area contributed by atoms with Crippen molar-refractivity contribution in [2.75, 3.05) is 12.1 Å². The second kappa shape index (κ2) is 10.7. The van der Waals surface area contributed by atoms with Gasteiger partial charge in [-0.25, -0.2) is 0 Å². The molecule has 3 aromatic carbocycles. The van der Waals surface area contributed by atoms with E-state index >= 15 is 0 Å². The maximum Gasteiger partial charge on any atom is 0.280 e. The standard InChI is InChI=1S/C28H25IN2O3/c1-4-8-22-15-21(16-25-19(2)30-31(28(25)32)24-9-6-5-7-10-24)17-26(33-3)27(22)34-18-20-11-13-23(29)14-12-20/h4-7,9-17H,1,8,18H2,2-3H3/b25-16+. The molecule has 1 heterocycles. The molecule has 4 rings (SSSR count). The van der Waals surface area contributed by atoms with Gasteiger partial charge < -0.3 is 9.47 Å². The number of benzene rings is 3. The molecular weight excluding hydrogens is 539 g/mol. The van der Waals surface area contributed by atoms with Crippen LogP contribution in [0.2, 0.25) is 0 Å². The monoisotopic (exact) mass is 564 g/mol. The molecule has 0 radical (unpaired) electrons. The topological polar surface area (TPSA) is 51.1 Å². The molecule has 5 nitrogen and oxygen atoms in total. The summed E-state index contributed by atoms with van der Waals surface area (Å²) in [6.07, 6.45) is 4.28. The Balaban J connectivity index is 1.65. The summed E-state index contributed by atoms with van der Waals surface area (Å²) in [6, 6.07) is 21.5. The second-order valence-corrected chi connectivity index (χ2v) is 9.06. The molecule has 1 aliphatic rings. The van der Waals surface area contributed by atoms with Crippen molar-refractivity contribution in [2.24, 2.45) is 5.10 Å². The number of carbonyl (C=O) groups excluding carboxylic acids is 1. The van der Waals surface area contributed by atoms with Gasteiger partial charge in [-0.3, -0.25) is 4.79 Å². The number of anilines is 1. The van der Waals surface area contributed by atoms with Crippen molar-refractivity contribution in [3.63, 3.8) is 0 Å². The van der Waals surface area contributed by atoms with E-state index in [-0.39, 0.29) is 5.91 Å². The molecule has 0 bridgehead atoms. The van der Waals surface area contributed by atoms with Gasteiger partial charge >= 0.3 is 0 Å². The summed E-state index contributed by atoms with van der Waals surface area (Å²) in [7, 11) is 1.62. The van der Waals surface area contributed by atoms with Crippen LogP contribution < -0.4 is 14.5 Å². The molecule has 0 unspecified atom stereocenters. The maximum atomic E-state index is 13.1. The molecule has 0 saturated heterocycles. The van der Waals surface area contributed by atoms with Gasteiger partial charge in [-0.2, -0.15) is 10.1 Å². The van der Waals surface area contributed by atoms with Crippen molar-refractivity contribution in [2.45, 2.75) is 20.0 Å². The highest BCUT2D eigenvalue weighted by Gasteiger charge is 2.28. The molecule has 3 aromatic rings. The lowest BCUT2D eigenvalue weighted by Gasteiger charge is -2.16. The van der Waals surface area contributed by atoms with E-state index in [0.29, 0.717) is 35.8 Å². The summed E-state index contributed by atoms with van der Waals surface area (Å²) in [4.78, 5) is 13.1. The minimum Gasteiger partial charge on any atom is -0.493 e. The van der Waals surface area contributed by atoms with Crippen LogP contribution in [0.5, 0.6) is 11.5 Å². The average Bonchev–Trinajstić information content (AvgIpc) is 3.13. The Labute approximate surface area is 213 Å². The Kier molecular flexibility index (Phi) is 7.47. The van der Waals surface area contributed by atoms with E-state index in [4.69, 9.17) is 9.47 Å². The van der Waals surface area contributed by atoms with E-state index in [1.165, 1.54) is 8.58 Å². The Bertz CT molecular complexity index is 1260. The van der Waals surface area contributed by atoms with E-state index in [2.05, 4.69) is 46.4 Å². The number of hydrogen-bond acceptors (Lipinski definition) is 4. The fourth-order valence-electron chi connectivity index (χ4n) is 3.72. The van der Waals surface area contributed by atoms with Crippen LogP contribution in [-0.4, -0.2) is 18.7 Å². The predicted molar refractivity (Wildman–Crippen MR) is 145 cm³/mol. The van der Waals surface area contributed by atoms with E-state index in [1.54, 1.807) is 7.11 Å². The van der Waals surface area contributed by atoms with Crippen LogP contribution in [0.15, 0.2) is 90.1 Å². The number of halogens is 1. The van der Waals surface area contributed by atoms with Gasteiger partial charge in [-0.05, 0) is 89.5 Å². The third-order valence-corrected chi connectivity index (χ3v) is 6.13. The number of carbonyl (C=O) groups is 1. The second-order valence-electron chi connectivity index (χ2n) is 7.82. The minimum atomic E-state index is -0.160. The minimum absolute atomic E-state index is 0.160. The van der Waals surface area contributed by atoms with Gasteiger partial charge in [0.1, 0.15) is 6.61 Å². The van der Waals surface area contributed by atoms with Crippen LogP contribution in [0.3, 0.4) is 0 Å². The molecule has 1 amide bonds. The van der Waals surface area contributed by atoms with Crippen molar-refractivity contribution in [1.82, 2.24) is 0 Å². The van der Waals surface area contributed by atoms with Crippen molar-refractivity contribution < 1.29 is 14.3 Å². The smallest absolute Gasteiger partial charge is 0.280 e. The molecule has 0 aromatic heterocycles. The van der Waals surface area contributed by atoms with Gasteiger partial charge in [0.15, 0.2) is 11.5 Å². The van der Waals surface area contributed by atoms with Gasteiger partial charge in [0.2, 0.25) is 0 Å². The highest BCUT2D eigenvalue weighted by atomic mass is 127. The molecule has 0 saturated carbocycles. The Morgan fingerprint density at radius 3 is 2.50 bits per heavy atom. The summed E-state index contributed by atoms with van der Waals surface area (Å²) in [5.41, 5.74) is 4.79. The molecule has 0 spiro atoms. The van der Waals surface area contributed by atoms with Crippen LogP contribution in [0.1, 0.15) is 23.6 Å². The van der Waals surface area contributed by atoms with Gasteiger partial charge in [-0.1, -0.05) is 36.4 Å². The van der Waals surface area contributed by atoms with Crippen LogP contribution in [0.4, 0.5) is 5.69 Å². The summed E-state index contributed by atoms with van der Waals surface area (Å²) in [6.45, 7) is 6.15. The zero-order valence-electron chi connectivity index (χ0n) is 19.1.